The number of aromatic nitrogens is 4. The summed E-state index contributed by atoms with van der Waals surface area (Å²) in [7, 11) is 0. The van der Waals surface area contributed by atoms with E-state index in [1.807, 2.05) is 49.4 Å². The molecule has 0 atom stereocenters. The molecule has 0 spiro atoms. The lowest BCUT2D eigenvalue weighted by atomic mass is 10.3. The molecule has 116 valence electrons. The average Bonchev–Trinajstić information content (AvgIpc) is 3.14. The van der Waals surface area contributed by atoms with Gasteiger partial charge < -0.3 is 14.3 Å². The van der Waals surface area contributed by atoms with Crippen LogP contribution in [0.5, 0.6) is 0 Å². The van der Waals surface area contributed by atoms with Gasteiger partial charge in [0.1, 0.15) is 18.3 Å². The fourth-order valence-corrected chi connectivity index (χ4v) is 2.84. The summed E-state index contributed by atoms with van der Waals surface area (Å²) in [5.74, 6) is 1.85. The summed E-state index contributed by atoms with van der Waals surface area (Å²) in [6.45, 7) is 3.82. The number of nitrogens with one attached hydrogen (secondary N) is 1. The fourth-order valence-electron chi connectivity index (χ4n) is 2.84. The highest BCUT2D eigenvalue weighted by Gasteiger charge is 2.12. The zero-order valence-electron chi connectivity index (χ0n) is 13.0. The predicted molar refractivity (Wildman–Crippen MR) is 90.3 cm³/mol. The molecule has 0 aliphatic rings. The van der Waals surface area contributed by atoms with Gasteiger partial charge in [-0.2, -0.15) is 0 Å². The van der Waals surface area contributed by atoms with E-state index < -0.39 is 0 Å². The Bertz CT molecular complexity index is 921. The first-order valence-electron chi connectivity index (χ1n) is 7.80. The van der Waals surface area contributed by atoms with Gasteiger partial charge in [-0.25, -0.2) is 9.97 Å². The van der Waals surface area contributed by atoms with Gasteiger partial charge in [-0.3, -0.25) is 0 Å². The molecule has 4 rings (SSSR count). The van der Waals surface area contributed by atoms with E-state index in [1.54, 1.807) is 0 Å². The maximum absolute atomic E-state index is 5.57. The van der Waals surface area contributed by atoms with E-state index in [2.05, 4.69) is 20.6 Å². The molecule has 5 nitrogen and oxygen atoms in total. The number of hydrogen-bond donors (Lipinski definition) is 1. The monoisotopic (exact) mass is 306 g/mol. The first-order valence-corrected chi connectivity index (χ1v) is 7.80. The molecule has 0 fully saturated rings. The molecule has 0 radical (unpaired) electrons. The van der Waals surface area contributed by atoms with Crippen molar-refractivity contribution in [3.63, 3.8) is 0 Å². The van der Waals surface area contributed by atoms with Crippen LogP contribution in [0.3, 0.4) is 0 Å². The summed E-state index contributed by atoms with van der Waals surface area (Å²) in [5.41, 5.74) is 4.12. The molecule has 0 aliphatic heterocycles. The van der Waals surface area contributed by atoms with Gasteiger partial charge >= 0.3 is 0 Å². The minimum absolute atomic E-state index is 0.505. The van der Waals surface area contributed by atoms with Crippen LogP contribution in [0, 0.1) is 0 Å². The van der Waals surface area contributed by atoms with E-state index in [0.29, 0.717) is 19.8 Å². The number of hydrogen-bond acceptors (Lipinski definition) is 3. The number of rotatable bonds is 5. The first kappa shape index (κ1) is 14.0. The average molecular weight is 306 g/mol. The maximum atomic E-state index is 5.57. The van der Waals surface area contributed by atoms with E-state index in [4.69, 9.17) is 9.72 Å². The molecular formula is C18H18N4O. The summed E-state index contributed by atoms with van der Waals surface area (Å²) in [4.78, 5) is 12.7. The number of aromatic amines is 1. The molecule has 0 amide bonds. The molecule has 2 aromatic carbocycles. The molecule has 2 aromatic heterocycles. The number of fused-ring (bicyclic) bond motifs is 2. The second-order valence-electron chi connectivity index (χ2n) is 5.44. The summed E-state index contributed by atoms with van der Waals surface area (Å²) >= 11 is 0. The van der Waals surface area contributed by atoms with Crippen LogP contribution in [-0.4, -0.2) is 26.1 Å². The van der Waals surface area contributed by atoms with Gasteiger partial charge in [0.05, 0.1) is 28.6 Å². The van der Waals surface area contributed by atoms with Crippen molar-refractivity contribution in [2.45, 2.75) is 20.1 Å². The van der Waals surface area contributed by atoms with E-state index in [0.717, 1.165) is 33.7 Å². The summed E-state index contributed by atoms with van der Waals surface area (Å²) < 4.78 is 7.74. The van der Waals surface area contributed by atoms with Crippen LogP contribution >= 0.6 is 0 Å². The van der Waals surface area contributed by atoms with E-state index in [9.17, 15) is 0 Å². The van der Waals surface area contributed by atoms with Gasteiger partial charge in [-0.05, 0) is 31.2 Å². The van der Waals surface area contributed by atoms with Crippen molar-refractivity contribution in [1.82, 2.24) is 19.5 Å². The predicted octanol–water partition coefficient (Wildman–Crippen LogP) is 3.50. The standard InChI is InChI=1S/C18H18N4O/c1-2-23-12-18-21-15-9-5-6-10-16(15)22(18)11-17-19-13-7-3-4-8-14(13)20-17/h3-10H,2,11-12H2,1H3,(H,19,20). The Morgan fingerprint density at radius 1 is 1.00 bits per heavy atom. The Morgan fingerprint density at radius 3 is 2.61 bits per heavy atom. The third kappa shape index (κ3) is 2.59. The maximum Gasteiger partial charge on any atom is 0.136 e. The van der Waals surface area contributed by atoms with Crippen molar-refractivity contribution in [1.29, 1.82) is 0 Å². The van der Waals surface area contributed by atoms with Crippen molar-refractivity contribution in [2.75, 3.05) is 6.61 Å². The van der Waals surface area contributed by atoms with Gasteiger partial charge in [0.15, 0.2) is 0 Å². The van der Waals surface area contributed by atoms with Crippen molar-refractivity contribution in [2.24, 2.45) is 0 Å². The minimum atomic E-state index is 0.505. The Balaban J connectivity index is 1.76. The minimum Gasteiger partial charge on any atom is -0.374 e. The van der Waals surface area contributed by atoms with Crippen LogP contribution in [0.4, 0.5) is 0 Å². The van der Waals surface area contributed by atoms with Gasteiger partial charge in [0, 0.05) is 6.61 Å². The number of para-hydroxylation sites is 4. The number of ether oxygens (including phenoxy) is 1. The zero-order chi connectivity index (χ0) is 15.6. The lowest BCUT2D eigenvalue weighted by molar-refractivity contribution is 0.126. The molecule has 1 N–H and O–H groups in total. The Kier molecular flexibility index (Phi) is 3.55. The fraction of sp³-hybridized carbons (Fsp3) is 0.222. The highest BCUT2D eigenvalue weighted by molar-refractivity contribution is 5.76. The molecule has 5 heteroatoms. The second-order valence-corrected chi connectivity index (χ2v) is 5.44. The summed E-state index contributed by atoms with van der Waals surface area (Å²) in [5, 5.41) is 0. The Hall–Kier alpha value is -2.66. The van der Waals surface area contributed by atoms with Crippen LogP contribution < -0.4 is 0 Å². The number of H-pyrrole nitrogens is 1. The van der Waals surface area contributed by atoms with E-state index >= 15 is 0 Å². The molecule has 0 bridgehead atoms. The molecule has 0 aliphatic carbocycles. The highest BCUT2D eigenvalue weighted by atomic mass is 16.5. The van der Waals surface area contributed by atoms with Gasteiger partial charge in [0.2, 0.25) is 0 Å². The van der Waals surface area contributed by atoms with Crippen LogP contribution in [-0.2, 0) is 17.9 Å². The second kappa shape index (κ2) is 5.85. The lowest BCUT2D eigenvalue weighted by Crippen LogP contribution is -2.08. The van der Waals surface area contributed by atoms with Gasteiger partial charge in [-0.1, -0.05) is 24.3 Å². The normalized spacial score (nSPS) is 11.5. The topological polar surface area (TPSA) is 55.7 Å². The third-order valence-corrected chi connectivity index (χ3v) is 3.92. The summed E-state index contributed by atoms with van der Waals surface area (Å²) in [6.07, 6.45) is 0. The number of benzene rings is 2. The SMILES string of the molecule is CCOCc1nc2ccccc2n1Cc1nc2ccccc2[nH]1. The molecule has 4 aromatic rings. The quantitative estimate of drug-likeness (QED) is 0.614. The van der Waals surface area contributed by atoms with Gasteiger partial charge in [0.25, 0.3) is 0 Å². The van der Waals surface area contributed by atoms with Crippen molar-refractivity contribution in [3.05, 3.63) is 60.2 Å². The number of imidazole rings is 2. The Morgan fingerprint density at radius 2 is 1.78 bits per heavy atom. The van der Waals surface area contributed by atoms with Crippen LogP contribution in [0.2, 0.25) is 0 Å². The molecule has 2 heterocycles. The van der Waals surface area contributed by atoms with E-state index in [-0.39, 0.29) is 0 Å². The smallest absolute Gasteiger partial charge is 0.136 e. The van der Waals surface area contributed by atoms with Gasteiger partial charge in [-0.15, -0.1) is 0 Å². The third-order valence-electron chi connectivity index (χ3n) is 3.92. The van der Waals surface area contributed by atoms with Crippen LogP contribution in [0.1, 0.15) is 18.6 Å². The molecule has 23 heavy (non-hydrogen) atoms. The number of nitrogens with zero attached hydrogens (tertiary/aromatic N) is 3. The zero-order valence-corrected chi connectivity index (χ0v) is 13.0. The van der Waals surface area contributed by atoms with Crippen LogP contribution in [0.15, 0.2) is 48.5 Å². The molecule has 0 saturated heterocycles. The first-order chi connectivity index (χ1) is 11.3. The van der Waals surface area contributed by atoms with Crippen molar-refractivity contribution >= 4 is 22.1 Å². The molecule has 0 unspecified atom stereocenters. The van der Waals surface area contributed by atoms with Crippen molar-refractivity contribution < 1.29 is 4.74 Å². The lowest BCUT2D eigenvalue weighted by Gasteiger charge is -2.07. The van der Waals surface area contributed by atoms with Crippen LogP contribution in [0.25, 0.3) is 22.1 Å². The largest absolute Gasteiger partial charge is 0.374 e. The molecular weight excluding hydrogens is 288 g/mol. The Labute approximate surface area is 133 Å². The summed E-state index contributed by atoms with van der Waals surface area (Å²) in [6, 6.07) is 16.2. The molecule has 0 saturated carbocycles. The van der Waals surface area contributed by atoms with E-state index in [1.165, 1.54) is 0 Å². The highest BCUT2D eigenvalue weighted by Crippen LogP contribution is 2.19. The van der Waals surface area contributed by atoms with Crippen molar-refractivity contribution in [3.8, 4) is 0 Å².